The Hall–Kier alpha value is -0.610. The molecule has 0 aromatic carbocycles. The Morgan fingerprint density at radius 1 is 1.60 bits per heavy atom. The average Bonchev–Trinajstić information content (AvgIpc) is 2.36. The maximum atomic E-state index is 11.8. The molecule has 88 valence electrons. The molecule has 4 heteroatoms. The van der Waals surface area contributed by atoms with Gasteiger partial charge in [-0.05, 0) is 20.9 Å². The second-order valence-electron chi connectivity index (χ2n) is 4.65. The number of likely N-dealkylation sites (tertiary alicyclic amines) is 1. The van der Waals surface area contributed by atoms with Crippen molar-refractivity contribution in [3.63, 3.8) is 0 Å². The molecule has 1 rings (SSSR count). The minimum absolute atomic E-state index is 0.0569. The van der Waals surface area contributed by atoms with Crippen LogP contribution in [0.4, 0.5) is 0 Å². The topological polar surface area (TPSA) is 41.6 Å². The van der Waals surface area contributed by atoms with Crippen molar-refractivity contribution >= 4 is 5.91 Å². The molecule has 0 radical (unpaired) electrons. The van der Waals surface area contributed by atoms with Gasteiger partial charge in [-0.1, -0.05) is 0 Å². The van der Waals surface area contributed by atoms with Gasteiger partial charge in [0.15, 0.2) is 0 Å². The minimum Gasteiger partial charge on any atom is -0.383 e. The van der Waals surface area contributed by atoms with Crippen LogP contribution < -0.4 is 5.32 Å². The molecule has 1 unspecified atom stereocenters. The van der Waals surface area contributed by atoms with Gasteiger partial charge in [-0.3, -0.25) is 4.79 Å². The van der Waals surface area contributed by atoms with Gasteiger partial charge in [-0.25, -0.2) is 0 Å². The van der Waals surface area contributed by atoms with Crippen molar-refractivity contribution in [1.82, 2.24) is 10.2 Å². The van der Waals surface area contributed by atoms with Crippen LogP contribution in [-0.2, 0) is 9.53 Å². The summed E-state index contributed by atoms with van der Waals surface area (Å²) in [6.07, 6.45) is 0.650. The largest absolute Gasteiger partial charge is 0.383 e. The van der Waals surface area contributed by atoms with Crippen LogP contribution in [0.3, 0.4) is 0 Å². The molecule has 0 aromatic heterocycles. The van der Waals surface area contributed by atoms with Crippen molar-refractivity contribution in [1.29, 1.82) is 0 Å². The Bertz CT molecular complexity index is 229. The van der Waals surface area contributed by atoms with E-state index in [1.165, 1.54) is 0 Å². The first-order valence-electron chi connectivity index (χ1n) is 5.48. The van der Waals surface area contributed by atoms with E-state index in [1.54, 1.807) is 7.11 Å². The molecule has 15 heavy (non-hydrogen) atoms. The molecule has 0 saturated carbocycles. The van der Waals surface area contributed by atoms with E-state index in [-0.39, 0.29) is 11.4 Å². The fraction of sp³-hybridized carbons (Fsp3) is 0.909. The van der Waals surface area contributed by atoms with Crippen molar-refractivity contribution in [2.24, 2.45) is 5.92 Å². The minimum atomic E-state index is -0.0569. The van der Waals surface area contributed by atoms with Gasteiger partial charge in [-0.15, -0.1) is 0 Å². The van der Waals surface area contributed by atoms with Gasteiger partial charge in [-0.2, -0.15) is 0 Å². The van der Waals surface area contributed by atoms with Crippen molar-refractivity contribution in [3.8, 4) is 0 Å². The molecule has 1 aliphatic heterocycles. The third-order valence-corrected chi connectivity index (χ3v) is 3.39. The lowest BCUT2D eigenvalue weighted by Gasteiger charge is -2.35. The second-order valence-corrected chi connectivity index (χ2v) is 4.65. The monoisotopic (exact) mass is 214 g/mol. The quantitative estimate of drug-likeness (QED) is 0.724. The zero-order valence-electron chi connectivity index (χ0n) is 10.2. The number of amides is 1. The summed E-state index contributed by atoms with van der Waals surface area (Å²) < 4.78 is 5.03. The SMILES string of the molecule is CNCC1CC(=O)N(CCOC)C1(C)C. The summed E-state index contributed by atoms with van der Waals surface area (Å²) in [5.41, 5.74) is -0.0569. The number of hydrogen-bond donors (Lipinski definition) is 1. The summed E-state index contributed by atoms with van der Waals surface area (Å²) in [7, 11) is 3.59. The number of carbonyl (C=O) groups excluding carboxylic acids is 1. The molecule has 1 heterocycles. The van der Waals surface area contributed by atoms with E-state index < -0.39 is 0 Å². The number of rotatable bonds is 5. The van der Waals surface area contributed by atoms with Gasteiger partial charge in [0.1, 0.15) is 0 Å². The first-order chi connectivity index (χ1) is 7.04. The third-order valence-electron chi connectivity index (χ3n) is 3.39. The van der Waals surface area contributed by atoms with Crippen LogP contribution in [0.25, 0.3) is 0 Å². The van der Waals surface area contributed by atoms with Gasteiger partial charge in [0.05, 0.1) is 6.61 Å². The number of nitrogens with one attached hydrogen (secondary N) is 1. The molecule has 0 spiro atoms. The molecule has 0 aromatic rings. The van der Waals surface area contributed by atoms with Crippen LogP contribution in [0.1, 0.15) is 20.3 Å². The van der Waals surface area contributed by atoms with Crippen LogP contribution in [0.2, 0.25) is 0 Å². The normalized spacial score (nSPS) is 24.9. The summed E-state index contributed by atoms with van der Waals surface area (Å²) in [4.78, 5) is 13.8. The van der Waals surface area contributed by atoms with E-state index in [0.29, 0.717) is 25.5 Å². The van der Waals surface area contributed by atoms with Crippen LogP contribution in [0.5, 0.6) is 0 Å². The number of methoxy groups -OCH3 is 1. The van der Waals surface area contributed by atoms with Crippen LogP contribution in [0, 0.1) is 5.92 Å². The first kappa shape index (κ1) is 12.5. The highest BCUT2D eigenvalue weighted by atomic mass is 16.5. The summed E-state index contributed by atoms with van der Waals surface area (Å²) in [5.74, 6) is 0.643. The number of hydrogen-bond acceptors (Lipinski definition) is 3. The maximum Gasteiger partial charge on any atom is 0.223 e. The molecule has 0 bridgehead atoms. The molecular weight excluding hydrogens is 192 g/mol. The molecule has 1 atom stereocenters. The molecule has 1 amide bonds. The lowest BCUT2D eigenvalue weighted by atomic mass is 9.88. The van der Waals surface area contributed by atoms with E-state index >= 15 is 0 Å². The van der Waals surface area contributed by atoms with Gasteiger partial charge in [0.2, 0.25) is 5.91 Å². The van der Waals surface area contributed by atoms with Crippen molar-refractivity contribution in [2.75, 3.05) is 33.9 Å². The predicted octanol–water partition coefficient (Wildman–Crippen LogP) is 0.479. The van der Waals surface area contributed by atoms with Crippen molar-refractivity contribution < 1.29 is 9.53 Å². The fourth-order valence-corrected chi connectivity index (χ4v) is 2.28. The van der Waals surface area contributed by atoms with E-state index in [4.69, 9.17) is 4.74 Å². The Morgan fingerprint density at radius 2 is 2.27 bits per heavy atom. The van der Waals surface area contributed by atoms with Gasteiger partial charge >= 0.3 is 0 Å². The van der Waals surface area contributed by atoms with Gasteiger partial charge < -0.3 is 15.0 Å². The number of carbonyl (C=O) groups is 1. The second kappa shape index (κ2) is 4.94. The summed E-state index contributed by atoms with van der Waals surface area (Å²) in [5, 5.41) is 3.15. The molecule has 1 aliphatic rings. The third kappa shape index (κ3) is 2.49. The van der Waals surface area contributed by atoms with Crippen molar-refractivity contribution in [2.45, 2.75) is 25.8 Å². The maximum absolute atomic E-state index is 11.8. The number of nitrogens with zero attached hydrogens (tertiary/aromatic N) is 1. The van der Waals surface area contributed by atoms with E-state index in [9.17, 15) is 4.79 Å². The molecule has 1 fully saturated rings. The highest BCUT2D eigenvalue weighted by Gasteiger charge is 2.45. The molecule has 1 N–H and O–H groups in total. The lowest BCUT2D eigenvalue weighted by molar-refractivity contribution is -0.131. The summed E-state index contributed by atoms with van der Waals surface area (Å²) in [6, 6.07) is 0. The Balaban J connectivity index is 2.66. The van der Waals surface area contributed by atoms with E-state index in [2.05, 4.69) is 19.2 Å². The Kier molecular flexibility index (Phi) is 4.11. The Labute approximate surface area is 92.0 Å². The molecule has 1 saturated heterocycles. The molecular formula is C11H22N2O2. The van der Waals surface area contributed by atoms with Gasteiger partial charge in [0.25, 0.3) is 0 Å². The first-order valence-corrected chi connectivity index (χ1v) is 5.48. The van der Waals surface area contributed by atoms with E-state index in [1.807, 2.05) is 11.9 Å². The highest BCUT2D eigenvalue weighted by molar-refractivity contribution is 5.80. The summed E-state index contributed by atoms with van der Waals surface area (Å²) >= 11 is 0. The highest BCUT2D eigenvalue weighted by Crippen LogP contribution is 2.34. The Morgan fingerprint density at radius 3 is 2.80 bits per heavy atom. The predicted molar refractivity (Wildman–Crippen MR) is 59.7 cm³/mol. The van der Waals surface area contributed by atoms with Crippen molar-refractivity contribution in [3.05, 3.63) is 0 Å². The summed E-state index contributed by atoms with van der Waals surface area (Å²) in [6.45, 7) is 6.47. The number of ether oxygens (including phenoxy) is 1. The fourth-order valence-electron chi connectivity index (χ4n) is 2.28. The van der Waals surface area contributed by atoms with Crippen LogP contribution in [0.15, 0.2) is 0 Å². The molecule has 4 nitrogen and oxygen atoms in total. The van der Waals surface area contributed by atoms with Crippen LogP contribution in [-0.4, -0.2) is 50.2 Å². The smallest absolute Gasteiger partial charge is 0.223 e. The van der Waals surface area contributed by atoms with E-state index in [0.717, 1.165) is 6.54 Å². The van der Waals surface area contributed by atoms with Crippen LogP contribution >= 0.6 is 0 Å². The average molecular weight is 214 g/mol. The van der Waals surface area contributed by atoms with Gasteiger partial charge in [0, 0.05) is 38.1 Å². The molecule has 0 aliphatic carbocycles. The lowest BCUT2D eigenvalue weighted by Crippen LogP contribution is -2.47. The zero-order chi connectivity index (χ0) is 11.5. The zero-order valence-corrected chi connectivity index (χ0v) is 10.2. The standard InChI is InChI=1S/C11H22N2O2/c1-11(2)9(8-12-3)7-10(14)13(11)5-6-15-4/h9,12H,5-8H2,1-4H3.